The summed E-state index contributed by atoms with van der Waals surface area (Å²) in [7, 11) is 3.34. The Hall–Kier alpha value is -4.27. The number of aryl methyl sites for hydroxylation is 2. The third-order valence-corrected chi connectivity index (χ3v) is 6.11. The summed E-state index contributed by atoms with van der Waals surface area (Å²) in [5.74, 6) is 1.35. The fraction of sp³-hybridized carbons (Fsp3) is 0.269. The van der Waals surface area contributed by atoms with E-state index in [0.29, 0.717) is 29.4 Å². The largest absolute Gasteiger partial charge is 0.480 e. The number of aromatic nitrogens is 7. The summed E-state index contributed by atoms with van der Waals surface area (Å²) in [6.07, 6.45) is 3.49. The van der Waals surface area contributed by atoms with E-state index >= 15 is 0 Å². The maximum atomic E-state index is 13.1. The molecular weight excluding hydrogens is 442 g/mol. The summed E-state index contributed by atoms with van der Waals surface area (Å²) in [4.78, 5) is 27.0. The maximum absolute atomic E-state index is 13.1. The number of pyridine rings is 1. The Balaban J connectivity index is 1.53. The second kappa shape index (κ2) is 8.83. The molecule has 4 aromatic heterocycles. The highest BCUT2D eigenvalue weighted by atomic mass is 16.5. The number of rotatable bonds is 6. The summed E-state index contributed by atoms with van der Waals surface area (Å²) >= 11 is 0. The highest BCUT2D eigenvalue weighted by Gasteiger charge is 2.17. The van der Waals surface area contributed by atoms with Crippen LogP contribution in [0, 0.1) is 6.92 Å². The Labute approximate surface area is 202 Å². The van der Waals surface area contributed by atoms with Gasteiger partial charge in [0.1, 0.15) is 5.52 Å². The number of nitrogens with zero attached hydrogens (tertiary/aromatic N) is 7. The number of methoxy groups -OCH3 is 1. The van der Waals surface area contributed by atoms with Gasteiger partial charge < -0.3 is 4.74 Å². The van der Waals surface area contributed by atoms with Crippen LogP contribution in [0.25, 0.3) is 28.2 Å². The van der Waals surface area contributed by atoms with E-state index in [1.807, 2.05) is 54.1 Å². The molecule has 0 aliphatic rings. The van der Waals surface area contributed by atoms with Crippen LogP contribution in [-0.4, -0.2) is 41.0 Å². The molecule has 0 saturated carbocycles. The second-order valence-corrected chi connectivity index (χ2v) is 8.83. The topological polar surface area (TPSA) is 92.7 Å². The fourth-order valence-corrected chi connectivity index (χ4v) is 4.25. The quantitative estimate of drug-likeness (QED) is 0.375. The van der Waals surface area contributed by atoms with Crippen LogP contribution in [0.2, 0.25) is 0 Å². The number of benzene rings is 1. The van der Waals surface area contributed by atoms with Crippen molar-refractivity contribution in [2.24, 2.45) is 7.05 Å². The zero-order chi connectivity index (χ0) is 24.7. The monoisotopic (exact) mass is 469 g/mol. The van der Waals surface area contributed by atoms with Crippen molar-refractivity contribution in [1.82, 2.24) is 33.9 Å². The molecule has 0 aliphatic heterocycles. The molecule has 9 heteroatoms. The molecular formula is C26H27N7O2. The van der Waals surface area contributed by atoms with Gasteiger partial charge in [0.25, 0.3) is 0 Å². The number of hydrogen-bond donors (Lipinski definition) is 0. The molecule has 0 aliphatic carbocycles. The lowest BCUT2D eigenvalue weighted by atomic mass is 10.0. The normalized spacial score (nSPS) is 11.5. The minimum atomic E-state index is -0.140. The number of fused-ring (bicyclic) bond motifs is 1. The van der Waals surface area contributed by atoms with Gasteiger partial charge in [-0.05, 0) is 42.7 Å². The molecule has 178 valence electrons. The standard InChI is InChI=1S/C26H27N7O2/c1-16(2)23-20(7-6-12-27-23)24-28-14-21-25(29-24)32(26(34)31(21)4)15-18-8-10-19(11-9-18)33-17(3)13-22(30-33)35-5/h6-14,16H,15H2,1-5H3. The lowest BCUT2D eigenvalue weighted by Gasteiger charge is -2.10. The minimum absolute atomic E-state index is 0.140. The van der Waals surface area contributed by atoms with Crippen molar-refractivity contribution < 1.29 is 4.74 Å². The fourth-order valence-electron chi connectivity index (χ4n) is 4.25. The van der Waals surface area contributed by atoms with Gasteiger partial charge in [0.2, 0.25) is 5.88 Å². The van der Waals surface area contributed by atoms with Crippen molar-refractivity contribution >= 4 is 11.2 Å². The number of imidazole rings is 1. The van der Waals surface area contributed by atoms with E-state index in [4.69, 9.17) is 9.72 Å². The molecule has 0 spiro atoms. The molecule has 0 radical (unpaired) electrons. The van der Waals surface area contributed by atoms with Crippen molar-refractivity contribution in [3.05, 3.63) is 82.3 Å². The first-order valence-corrected chi connectivity index (χ1v) is 11.4. The summed E-state index contributed by atoms with van der Waals surface area (Å²) in [6, 6.07) is 13.7. The Bertz CT molecular complexity index is 1580. The van der Waals surface area contributed by atoms with Gasteiger partial charge in [0.05, 0.1) is 31.2 Å². The Morgan fingerprint density at radius 3 is 2.54 bits per heavy atom. The third-order valence-electron chi connectivity index (χ3n) is 6.11. The van der Waals surface area contributed by atoms with Crippen LogP contribution in [-0.2, 0) is 13.6 Å². The molecule has 1 aromatic carbocycles. The molecule has 0 saturated heterocycles. The summed E-state index contributed by atoms with van der Waals surface area (Å²) in [6.45, 7) is 6.54. The van der Waals surface area contributed by atoms with Crippen molar-refractivity contribution in [2.75, 3.05) is 7.11 Å². The smallest absolute Gasteiger partial charge is 0.330 e. The van der Waals surface area contributed by atoms with Crippen LogP contribution in [0.15, 0.2) is 59.7 Å². The molecule has 5 aromatic rings. The van der Waals surface area contributed by atoms with Crippen LogP contribution in [0.4, 0.5) is 0 Å². The maximum Gasteiger partial charge on any atom is 0.330 e. The Kier molecular flexibility index (Phi) is 5.68. The first-order valence-electron chi connectivity index (χ1n) is 11.4. The summed E-state index contributed by atoms with van der Waals surface area (Å²) in [5, 5.41) is 4.44. The van der Waals surface area contributed by atoms with Crippen molar-refractivity contribution in [1.29, 1.82) is 0 Å². The van der Waals surface area contributed by atoms with E-state index in [9.17, 15) is 4.79 Å². The van der Waals surface area contributed by atoms with Crippen LogP contribution in [0.5, 0.6) is 5.88 Å². The van der Waals surface area contributed by atoms with Crippen LogP contribution in [0.1, 0.15) is 36.7 Å². The zero-order valence-electron chi connectivity index (χ0n) is 20.4. The van der Waals surface area contributed by atoms with Gasteiger partial charge >= 0.3 is 5.69 Å². The summed E-state index contributed by atoms with van der Waals surface area (Å²) < 4.78 is 10.3. The lowest BCUT2D eigenvalue weighted by molar-refractivity contribution is 0.394. The predicted molar refractivity (Wildman–Crippen MR) is 134 cm³/mol. The van der Waals surface area contributed by atoms with E-state index in [1.54, 1.807) is 35.7 Å². The van der Waals surface area contributed by atoms with Gasteiger partial charge in [-0.1, -0.05) is 26.0 Å². The highest BCUT2D eigenvalue weighted by molar-refractivity contribution is 5.74. The Morgan fingerprint density at radius 2 is 1.86 bits per heavy atom. The molecule has 0 atom stereocenters. The molecule has 35 heavy (non-hydrogen) atoms. The van der Waals surface area contributed by atoms with Gasteiger partial charge in [0, 0.05) is 30.6 Å². The van der Waals surface area contributed by atoms with Crippen LogP contribution < -0.4 is 10.4 Å². The van der Waals surface area contributed by atoms with E-state index in [2.05, 4.69) is 28.9 Å². The molecule has 0 amide bonds. The molecule has 0 fully saturated rings. The zero-order valence-corrected chi connectivity index (χ0v) is 20.4. The molecule has 5 rings (SSSR count). The van der Waals surface area contributed by atoms with Gasteiger partial charge in [-0.2, -0.15) is 0 Å². The van der Waals surface area contributed by atoms with Gasteiger partial charge in [-0.15, -0.1) is 5.10 Å². The molecule has 4 heterocycles. The van der Waals surface area contributed by atoms with Gasteiger partial charge in [-0.3, -0.25) is 14.1 Å². The first-order chi connectivity index (χ1) is 16.9. The van der Waals surface area contributed by atoms with E-state index < -0.39 is 0 Å². The van der Waals surface area contributed by atoms with E-state index in [0.717, 1.165) is 28.2 Å². The average Bonchev–Trinajstić information content (AvgIpc) is 3.37. The van der Waals surface area contributed by atoms with Gasteiger partial charge in [-0.25, -0.2) is 19.4 Å². The summed E-state index contributed by atoms with van der Waals surface area (Å²) in [5.41, 5.74) is 5.81. The molecule has 0 bridgehead atoms. The van der Waals surface area contributed by atoms with Crippen molar-refractivity contribution in [2.45, 2.75) is 33.2 Å². The van der Waals surface area contributed by atoms with Crippen LogP contribution >= 0.6 is 0 Å². The average molecular weight is 470 g/mol. The number of ether oxygens (including phenoxy) is 1. The molecule has 0 N–H and O–H groups in total. The molecule has 0 unspecified atom stereocenters. The van der Waals surface area contributed by atoms with Crippen LogP contribution in [0.3, 0.4) is 0 Å². The highest BCUT2D eigenvalue weighted by Crippen LogP contribution is 2.26. The SMILES string of the molecule is COc1cc(C)n(-c2ccc(Cn3c(=O)n(C)c4cnc(-c5cccnc5C(C)C)nc43)cc2)n1. The number of hydrogen-bond acceptors (Lipinski definition) is 6. The van der Waals surface area contributed by atoms with E-state index in [-0.39, 0.29) is 11.6 Å². The third kappa shape index (κ3) is 3.99. The van der Waals surface area contributed by atoms with Crippen molar-refractivity contribution in [3.63, 3.8) is 0 Å². The van der Waals surface area contributed by atoms with Gasteiger partial charge in [0.15, 0.2) is 11.5 Å². The predicted octanol–water partition coefficient (Wildman–Crippen LogP) is 3.87. The Morgan fingerprint density at radius 1 is 1.09 bits per heavy atom. The second-order valence-electron chi connectivity index (χ2n) is 8.83. The molecule has 9 nitrogen and oxygen atoms in total. The minimum Gasteiger partial charge on any atom is -0.480 e. The lowest BCUT2D eigenvalue weighted by Crippen LogP contribution is -2.22. The van der Waals surface area contributed by atoms with E-state index in [1.165, 1.54) is 0 Å². The van der Waals surface area contributed by atoms with Crippen molar-refractivity contribution in [3.8, 4) is 23.0 Å². The first kappa shape index (κ1) is 22.5.